The number of hydrogen-bond donors (Lipinski definition) is 1. The van der Waals surface area contributed by atoms with Gasteiger partial charge in [-0.25, -0.2) is 0 Å². The summed E-state index contributed by atoms with van der Waals surface area (Å²) in [6.45, 7) is 5.30. The lowest BCUT2D eigenvalue weighted by molar-refractivity contribution is -0.385. The maximum Gasteiger partial charge on any atom is 0.272 e. The van der Waals surface area contributed by atoms with Crippen LogP contribution in [0.25, 0.3) is 6.08 Å². The van der Waals surface area contributed by atoms with Gasteiger partial charge in [0, 0.05) is 18.2 Å². The number of hydrogen-bond acceptors (Lipinski definition) is 5. The minimum absolute atomic E-state index is 0.00642. The van der Waals surface area contributed by atoms with Crippen molar-refractivity contribution in [2.75, 3.05) is 6.54 Å². The molecule has 1 fully saturated rings. The maximum atomic E-state index is 12.4. The Morgan fingerprint density at radius 3 is 2.74 bits per heavy atom. The number of carbonyl (C=O) groups excluding carboxylic acids is 2. The fraction of sp³-hybridized carbons (Fsp3) is 0.133. The first-order valence-corrected chi connectivity index (χ1v) is 7.00. The molecule has 1 heterocycles. The largest absolute Gasteiger partial charge is 0.298 e. The van der Waals surface area contributed by atoms with E-state index < -0.39 is 16.7 Å². The number of aryl methyl sites for hydroxylation is 1. The Hall–Kier alpha value is -2.87. The second-order valence-electron chi connectivity index (χ2n) is 4.82. The van der Waals surface area contributed by atoms with E-state index in [1.54, 1.807) is 19.1 Å². The lowest BCUT2D eigenvalue weighted by Crippen LogP contribution is -2.53. The van der Waals surface area contributed by atoms with E-state index in [0.717, 1.165) is 0 Å². The second kappa shape index (κ2) is 6.49. The smallest absolute Gasteiger partial charge is 0.272 e. The SMILES string of the molecule is C=CCN1C(=O)C(=Cc2ccc(C)c([N+](=O)[O-])c2)C(=O)NC1=S. The van der Waals surface area contributed by atoms with Crippen molar-refractivity contribution in [3.05, 3.63) is 57.7 Å². The Morgan fingerprint density at radius 1 is 1.43 bits per heavy atom. The van der Waals surface area contributed by atoms with E-state index in [0.29, 0.717) is 11.1 Å². The quantitative estimate of drug-likeness (QED) is 0.226. The number of nitro groups is 1. The molecule has 0 aliphatic carbocycles. The molecule has 0 radical (unpaired) electrons. The predicted molar refractivity (Wildman–Crippen MR) is 88.5 cm³/mol. The average molecular weight is 331 g/mol. The van der Waals surface area contributed by atoms with Crippen molar-refractivity contribution >= 4 is 40.9 Å². The Labute approximate surface area is 137 Å². The van der Waals surface area contributed by atoms with Crippen molar-refractivity contribution in [1.82, 2.24) is 10.2 Å². The van der Waals surface area contributed by atoms with Gasteiger partial charge in [0.15, 0.2) is 5.11 Å². The van der Waals surface area contributed by atoms with Gasteiger partial charge in [-0.2, -0.15) is 0 Å². The highest BCUT2D eigenvalue weighted by molar-refractivity contribution is 7.80. The molecule has 118 valence electrons. The molecule has 23 heavy (non-hydrogen) atoms. The molecule has 1 aromatic rings. The zero-order chi connectivity index (χ0) is 17.1. The summed E-state index contributed by atoms with van der Waals surface area (Å²) in [5.74, 6) is -1.20. The number of benzene rings is 1. The molecule has 1 aliphatic rings. The van der Waals surface area contributed by atoms with Crippen LogP contribution in [0.3, 0.4) is 0 Å². The third kappa shape index (κ3) is 3.32. The lowest BCUT2D eigenvalue weighted by atomic mass is 10.0. The van der Waals surface area contributed by atoms with Crippen molar-refractivity contribution in [2.24, 2.45) is 0 Å². The van der Waals surface area contributed by atoms with Crippen LogP contribution in [0.2, 0.25) is 0 Å². The molecule has 0 unspecified atom stereocenters. The van der Waals surface area contributed by atoms with Crippen LogP contribution in [0.5, 0.6) is 0 Å². The van der Waals surface area contributed by atoms with Gasteiger partial charge in [0.05, 0.1) is 4.92 Å². The van der Waals surface area contributed by atoms with Crippen molar-refractivity contribution in [1.29, 1.82) is 0 Å². The van der Waals surface area contributed by atoms with Gasteiger partial charge < -0.3 is 0 Å². The van der Waals surface area contributed by atoms with E-state index in [9.17, 15) is 19.7 Å². The van der Waals surface area contributed by atoms with Gasteiger partial charge >= 0.3 is 0 Å². The number of amides is 2. The molecule has 1 aliphatic heterocycles. The monoisotopic (exact) mass is 331 g/mol. The highest BCUT2D eigenvalue weighted by atomic mass is 32.1. The standard InChI is InChI=1S/C15H13N3O4S/c1-3-6-17-14(20)11(13(19)16-15(17)23)7-10-5-4-9(2)12(8-10)18(21)22/h3-5,7-8H,1,6H2,2H3,(H,16,19,23). The molecule has 7 nitrogen and oxygen atoms in total. The summed E-state index contributed by atoms with van der Waals surface area (Å²) in [5, 5.41) is 13.4. The summed E-state index contributed by atoms with van der Waals surface area (Å²) in [6, 6.07) is 4.47. The van der Waals surface area contributed by atoms with Crippen LogP contribution in [0, 0.1) is 17.0 Å². The summed E-state index contributed by atoms with van der Waals surface area (Å²) in [4.78, 5) is 36.0. The maximum absolute atomic E-state index is 12.4. The first-order chi connectivity index (χ1) is 10.8. The third-order valence-corrected chi connectivity index (χ3v) is 3.56. The molecule has 8 heteroatoms. The van der Waals surface area contributed by atoms with Crippen molar-refractivity contribution in [2.45, 2.75) is 6.92 Å². The molecule has 1 saturated heterocycles. The molecular weight excluding hydrogens is 318 g/mol. The first-order valence-electron chi connectivity index (χ1n) is 6.60. The van der Waals surface area contributed by atoms with Crippen LogP contribution in [0.4, 0.5) is 5.69 Å². The summed E-state index contributed by atoms with van der Waals surface area (Å²) in [5.41, 5.74) is 0.651. The molecule has 0 atom stereocenters. The molecule has 2 amide bonds. The van der Waals surface area contributed by atoms with Crippen LogP contribution < -0.4 is 5.32 Å². The van der Waals surface area contributed by atoms with E-state index in [4.69, 9.17) is 12.2 Å². The number of nitrogens with one attached hydrogen (secondary N) is 1. The van der Waals surface area contributed by atoms with Crippen LogP contribution in [0.1, 0.15) is 11.1 Å². The lowest BCUT2D eigenvalue weighted by Gasteiger charge is -2.27. The Balaban J connectivity index is 2.44. The van der Waals surface area contributed by atoms with Crippen LogP contribution in [-0.2, 0) is 9.59 Å². The van der Waals surface area contributed by atoms with Gasteiger partial charge in [0.2, 0.25) is 0 Å². The van der Waals surface area contributed by atoms with E-state index >= 15 is 0 Å². The highest BCUT2D eigenvalue weighted by Gasteiger charge is 2.32. The third-order valence-electron chi connectivity index (χ3n) is 3.24. The molecule has 0 spiro atoms. The van der Waals surface area contributed by atoms with Gasteiger partial charge in [-0.15, -0.1) is 6.58 Å². The van der Waals surface area contributed by atoms with Gasteiger partial charge in [0.25, 0.3) is 17.5 Å². The average Bonchev–Trinajstić information content (AvgIpc) is 2.49. The Bertz CT molecular complexity index is 770. The fourth-order valence-corrected chi connectivity index (χ4v) is 2.32. The normalized spacial score (nSPS) is 16.5. The summed E-state index contributed by atoms with van der Waals surface area (Å²) >= 11 is 4.95. The van der Waals surface area contributed by atoms with Crippen molar-refractivity contribution < 1.29 is 14.5 Å². The summed E-state index contributed by atoms with van der Waals surface area (Å²) in [7, 11) is 0. The number of thiocarbonyl (C=S) groups is 1. The topological polar surface area (TPSA) is 92.6 Å². The molecule has 1 aromatic carbocycles. The Kier molecular flexibility index (Phi) is 4.65. The van der Waals surface area contributed by atoms with E-state index in [-0.39, 0.29) is 22.9 Å². The number of nitro benzene ring substituents is 1. The number of rotatable bonds is 4. The zero-order valence-corrected chi connectivity index (χ0v) is 13.1. The minimum atomic E-state index is -0.636. The molecule has 2 rings (SSSR count). The molecule has 0 bridgehead atoms. The molecule has 0 aromatic heterocycles. The van der Waals surface area contributed by atoms with Crippen molar-refractivity contribution in [3.8, 4) is 0 Å². The molecular formula is C15H13N3O4S. The van der Waals surface area contributed by atoms with E-state index in [2.05, 4.69) is 11.9 Å². The Morgan fingerprint density at radius 2 is 2.13 bits per heavy atom. The van der Waals surface area contributed by atoms with Gasteiger partial charge in [0.1, 0.15) is 5.57 Å². The summed E-state index contributed by atoms with van der Waals surface area (Å²) in [6.07, 6.45) is 2.79. The van der Waals surface area contributed by atoms with Crippen LogP contribution >= 0.6 is 12.2 Å². The summed E-state index contributed by atoms with van der Waals surface area (Å²) < 4.78 is 0. The highest BCUT2D eigenvalue weighted by Crippen LogP contribution is 2.22. The van der Waals surface area contributed by atoms with Gasteiger partial charge in [-0.1, -0.05) is 18.2 Å². The number of carbonyl (C=O) groups is 2. The second-order valence-corrected chi connectivity index (χ2v) is 5.21. The van der Waals surface area contributed by atoms with Crippen LogP contribution in [-0.4, -0.2) is 33.3 Å². The number of nitrogens with zero attached hydrogens (tertiary/aromatic N) is 2. The first kappa shape index (κ1) is 16.5. The van der Waals surface area contributed by atoms with Crippen molar-refractivity contribution in [3.63, 3.8) is 0 Å². The zero-order valence-electron chi connectivity index (χ0n) is 12.2. The fourth-order valence-electron chi connectivity index (χ4n) is 2.07. The predicted octanol–water partition coefficient (Wildman–Crippen LogP) is 1.72. The van der Waals surface area contributed by atoms with Crippen LogP contribution in [0.15, 0.2) is 36.4 Å². The minimum Gasteiger partial charge on any atom is -0.298 e. The van der Waals surface area contributed by atoms with Gasteiger partial charge in [-0.05, 0) is 30.8 Å². The molecule has 1 N–H and O–H groups in total. The van der Waals surface area contributed by atoms with E-state index in [1.807, 2.05) is 0 Å². The molecule has 0 saturated carbocycles. The van der Waals surface area contributed by atoms with E-state index in [1.165, 1.54) is 23.1 Å². The van der Waals surface area contributed by atoms with Gasteiger partial charge in [-0.3, -0.25) is 29.9 Å².